The van der Waals surface area contributed by atoms with Crippen LogP contribution in [0.3, 0.4) is 0 Å². The van der Waals surface area contributed by atoms with Crippen LogP contribution >= 0.6 is 15.4 Å². The zero-order chi connectivity index (χ0) is 47.1. The van der Waals surface area contributed by atoms with Gasteiger partial charge < -0.3 is 39.7 Å². The van der Waals surface area contributed by atoms with Gasteiger partial charge in [-0.05, 0) is 39.5 Å². The van der Waals surface area contributed by atoms with Gasteiger partial charge in [0.05, 0.1) is 36.7 Å². The van der Waals surface area contributed by atoms with Crippen LogP contribution in [-0.2, 0) is 65.0 Å². The molecule has 24 nitrogen and oxygen atoms in total. The summed E-state index contributed by atoms with van der Waals surface area (Å²) in [5, 5.41) is 0. The van der Waals surface area contributed by atoms with Crippen molar-refractivity contribution in [1.29, 1.82) is 0 Å². The van der Waals surface area contributed by atoms with Crippen molar-refractivity contribution in [2.75, 3.05) is 44.6 Å². The van der Waals surface area contributed by atoms with E-state index < -0.39 is 121 Å². The number of phosphoric acid groups is 1. The summed E-state index contributed by atoms with van der Waals surface area (Å²) in [5.41, 5.74) is 10.7. The Morgan fingerprint density at radius 1 is 0.701 bits per heavy atom. The molecule has 28 heteroatoms. The summed E-state index contributed by atoms with van der Waals surface area (Å²) in [5.74, 6) is -1.22. The second-order valence-electron chi connectivity index (χ2n) is 17.8. The number of fused-ring (bicyclic) bond motifs is 4. The summed E-state index contributed by atoms with van der Waals surface area (Å²) >= 11 is 0. The fourth-order valence-corrected chi connectivity index (χ4v) is 11.6. The van der Waals surface area contributed by atoms with Crippen molar-refractivity contribution >= 4 is 61.3 Å². The molecule has 5 aliphatic rings. The molecule has 4 N–H and O–H groups in total. The van der Waals surface area contributed by atoms with Gasteiger partial charge in [0.1, 0.15) is 54.5 Å². The third-order valence-corrected chi connectivity index (χ3v) is 16.0. The third-order valence-electron chi connectivity index (χ3n) is 13.1. The summed E-state index contributed by atoms with van der Waals surface area (Å²) in [6.07, 6.45) is -3.22. The van der Waals surface area contributed by atoms with Gasteiger partial charge in [0.15, 0.2) is 47.7 Å². The van der Waals surface area contributed by atoms with Crippen molar-refractivity contribution in [3.8, 4) is 0 Å². The highest BCUT2D eigenvalue weighted by Gasteiger charge is 2.55. The highest BCUT2D eigenvalue weighted by atomic mass is 31.2. The maximum absolute atomic E-state index is 17.1. The molecule has 3 aliphatic heterocycles. The fourth-order valence-electron chi connectivity index (χ4n) is 9.16. The largest absolute Gasteiger partial charge is 0.478 e. The quantitative estimate of drug-likeness (QED) is 0.115. The topological polar surface area (TPSA) is 300 Å². The van der Waals surface area contributed by atoms with Crippen molar-refractivity contribution in [1.82, 2.24) is 39.0 Å². The first kappa shape index (κ1) is 47.7. The van der Waals surface area contributed by atoms with Crippen molar-refractivity contribution < 1.29 is 73.8 Å². The van der Waals surface area contributed by atoms with E-state index >= 15 is 8.78 Å². The SMILES string of the molecule is CC1(C(=O)OCOP2(=O)CO[C@H]3[C@@H](F)[C@H](n4cnc5c(N)ncnc54)O[C@@H]3COP(=O)(OCOC(=O)C3(C)CCCCC3)O[C@H]3[C@@H](F)[C@H](n4cnc5c(N)ncnc54)O[C@@H]3CO2)CCCCC1. The fraction of sp³-hybridized carbons (Fsp3) is 0.692. The molecule has 366 valence electrons. The molecule has 67 heavy (non-hydrogen) atoms. The summed E-state index contributed by atoms with van der Waals surface area (Å²) < 4.78 is 124. The second kappa shape index (κ2) is 19.2. The number of carbonyl (C=O) groups is 2. The lowest BCUT2D eigenvalue weighted by Gasteiger charge is -2.31. The molecule has 0 spiro atoms. The van der Waals surface area contributed by atoms with Gasteiger partial charge in [0.2, 0.25) is 13.6 Å². The van der Waals surface area contributed by atoms with Gasteiger partial charge in [-0.2, -0.15) is 0 Å². The second-order valence-corrected chi connectivity index (χ2v) is 21.4. The number of rotatable bonds is 10. The number of nitrogens with two attached hydrogens (primary N) is 2. The molecule has 4 aromatic heterocycles. The van der Waals surface area contributed by atoms with Crippen LogP contribution in [0.4, 0.5) is 20.4 Å². The van der Waals surface area contributed by atoms with Crippen LogP contribution in [0.25, 0.3) is 22.3 Å². The van der Waals surface area contributed by atoms with E-state index in [-0.39, 0.29) is 34.0 Å². The molecular weight excluding hydrogens is 932 g/mol. The van der Waals surface area contributed by atoms with Gasteiger partial charge in [0, 0.05) is 0 Å². The van der Waals surface area contributed by atoms with Crippen LogP contribution in [0.2, 0.25) is 0 Å². The van der Waals surface area contributed by atoms with Gasteiger partial charge in [-0.15, -0.1) is 0 Å². The Balaban J connectivity index is 1.03. The molecule has 4 aromatic rings. The average Bonchev–Trinajstić information content (AvgIpc) is 4.09. The predicted molar refractivity (Wildman–Crippen MR) is 225 cm³/mol. The molecule has 3 saturated heterocycles. The van der Waals surface area contributed by atoms with E-state index in [1.165, 1.54) is 21.8 Å². The normalized spacial score (nSPS) is 33.5. The predicted octanol–water partition coefficient (Wildman–Crippen LogP) is 5.35. The minimum Gasteiger partial charge on any atom is -0.438 e. The van der Waals surface area contributed by atoms with Gasteiger partial charge in [0.25, 0.3) is 0 Å². The van der Waals surface area contributed by atoms with E-state index in [1.54, 1.807) is 13.8 Å². The third kappa shape index (κ3) is 9.66. The number of anilines is 2. The lowest BCUT2D eigenvalue weighted by molar-refractivity contribution is -0.165. The molecule has 7 heterocycles. The maximum atomic E-state index is 17.1. The molecule has 5 fully saturated rings. The number of imidazole rings is 2. The summed E-state index contributed by atoms with van der Waals surface area (Å²) in [6.45, 7) is 0.0375. The molecule has 2 saturated carbocycles. The molecule has 10 atom stereocenters. The summed E-state index contributed by atoms with van der Waals surface area (Å²) in [6, 6.07) is 0. The number of hydrogen-bond acceptors (Lipinski definition) is 22. The zero-order valence-electron chi connectivity index (χ0n) is 36.6. The highest BCUT2D eigenvalue weighted by Crippen LogP contribution is 2.57. The van der Waals surface area contributed by atoms with Crippen molar-refractivity contribution in [3.05, 3.63) is 25.3 Å². The first-order valence-electron chi connectivity index (χ1n) is 22.0. The molecule has 0 radical (unpaired) electrons. The molecule has 0 amide bonds. The van der Waals surface area contributed by atoms with E-state index in [1.807, 2.05) is 0 Å². The van der Waals surface area contributed by atoms with Crippen LogP contribution in [0, 0.1) is 10.8 Å². The number of nitrogen functional groups attached to an aromatic ring is 2. The summed E-state index contributed by atoms with van der Waals surface area (Å²) in [4.78, 5) is 51.1. The first-order valence-corrected chi connectivity index (χ1v) is 25.1. The Morgan fingerprint density at radius 2 is 1.18 bits per heavy atom. The van der Waals surface area contributed by atoms with E-state index in [9.17, 15) is 18.7 Å². The average molecular weight is 985 g/mol. The van der Waals surface area contributed by atoms with Crippen molar-refractivity contribution in [2.45, 2.75) is 127 Å². The Labute approximate surface area is 381 Å². The zero-order valence-corrected chi connectivity index (χ0v) is 38.4. The number of phosphoric ester groups is 1. The Kier molecular flexibility index (Phi) is 13.7. The van der Waals surface area contributed by atoms with E-state index in [2.05, 4.69) is 29.9 Å². The summed E-state index contributed by atoms with van der Waals surface area (Å²) in [7, 11) is -9.80. The van der Waals surface area contributed by atoms with Crippen molar-refractivity contribution in [2.24, 2.45) is 10.8 Å². The minimum absolute atomic E-state index is 0.00218. The van der Waals surface area contributed by atoms with E-state index in [0.29, 0.717) is 25.7 Å². The molecule has 9 rings (SSSR count). The molecular formula is C39H52F2N10O14P2. The lowest BCUT2D eigenvalue weighted by atomic mass is 9.76. The van der Waals surface area contributed by atoms with Crippen LogP contribution in [-0.4, -0.2) is 121 Å². The Hall–Kier alpha value is -4.36. The Morgan fingerprint density at radius 3 is 1.72 bits per heavy atom. The van der Waals surface area contributed by atoms with Gasteiger partial charge >= 0.3 is 27.4 Å². The molecule has 0 bridgehead atoms. The first-order chi connectivity index (χ1) is 32.1. The molecule has 2 unspecified atom stereocenters. The standard InChI is InChI=1S/C39H52F2N10O14P2/c1-38(9-5-3-6-10-38)36(52)56-19-61-66(54)21-58-28-22(63-34(24(28)40)50-17-48-26-30(42)44-15-46-32(26)50)14-60-67(55,62-20-57-37(53)39(2)11-7-4-8-12-39)65-29-23(13-59-66)64-35(25(29)41)51-18-49-27-31(43)45-16-47-33(27)51/h15-18,22-25,28-29,34-35H,3-14,19-21H2,1-2H3,(H2,42,44,46)(H2,43,45,47)/t22-,23-,24-,25-,28-,29-,34-,35-,66?,67?/m1/s1. The minimum atomic E-state index is -5.14. The number of hydrogen-bond donors (Lipinski definition) is 2. The van der Waals surface area contributed by atoms with Gasteiger partial charge in [-0.1, -0.05) is 38.5 Å². The lowest BCUT2D eigenvalue weighted by Crippen LogP contribution is -2.36. The number of ether oxygens (including phenoxy) is 5. The van der Waals surface area contributed by atoms with Crippen LogP contribution < -0.4 is 11.5 Å². The van der Waals surface area contributed by atoms with Gasteiger partial charge in [-0.3, -0.25) is 36.9 Å². The molecule has 0 aromatic carbocycles. The van der Waals surface area contributed by atoms with E-state index in [4.69, 9.17) is 57.8 Å². The van der Waals surface area contributed by atoms with E-state index in [0.717, 1.165) is 51.2 Å². The van der Waals surface area contributed by atoms with Crippen LogP contribution in [0.15, 0.2) is 25.3 Å². The maximum Gasteiger partial charge on any atom is 0.478 e. The number of esters is 2. The number of nitrogens with zero attached hydrogens (tertiary/aromatic N) is 8. The van der Waals surface area contributed by atoms with Crippen LogP contribution in [0.1, 0.15) is 90.5 Å². The monoisotopic (exact) mass is 984 g/mol. The highest BCUT2D eigenvalue weighted by molar-refractivity contribution is 7.53. The number of alkyl halides is 2. The Bertz CT molecular complexity index is 2550. The van der Waals surface area contributed by atoms with Crippen LogP contribution in [0.5, 0.6) is 0 Å². The number of aromatic nitrogens is 8. The van der Waals surface area contributed by atoms with Crippen molar-refractivity contribution in [3.63, 3.8) is 0 Å². The smallest absolute Gasteiger partial charge is 0.438 e. The molecule has 2 aliphatic carbocycles. The number of halogens is 2. The number of carbonyl (C=O) groups excluding carboxylic acids is 2. The van der Waals surface area contributed by atoms with Gasteiger partial charge in [-0.25, -0.2) is 47.8 Å².